The number of nitrogens with one attached hydrogen (secondary N) is 2. The Labute approximate surface area is 115 Å². The highest BCUT2D eigenvalue weighted by Gasteiger charge is 2.27. The third-order valence-corrected chi connectivity index (χ3v) is 4.19. The molecule has 0 aromatic carbocycles. The minimum atomic E-state index is -0.292. The van der Waals surface area contributed by atoms with Crippen molar-refractivity contribution in [2.75, 3.05) is 11.9 Å². The minimum Gasteiger partial charge on any atom is -0.462 e. The van der Waals surface area contributed by atoms with Crippen molar-refractivity contribution >= 4 is 39.6 Å². The number of thiocarbonyl (C=S) groups is 1. The van der Waals surface area contributed by atoms with Crippen LogP contribution in [0, 0.1) is 0 Å². The number of thiophene rings is 1. The van der Waals surface area contributed by atoms with Crippen LogP contribution in [0.25, 0.3) is 0 Å². The summed E-state index contributed by atoms with van der Waals surface area (Å²) in [4.78, 5) is 13.2. The molecule has 1 aromatic rings. The van der Waals surface area contributed by atoms with E-state index in [1.165, 1.54) is 4.88 Å². The summed E-state index contributed by atoms with van der Waals surface area (Å²) in [6.45, 7) is 2.16. The van der Waals surface area contributed by atoms with Gasteiger partial charge in [0.15, 0.2) is 5.11 Å². The smallest absolute Gasteiger partial charge is 0.341 e. The molecule has 1 heterocycles. The number of ether oxygens (including phenoxy) is 1. The van der Waals surface area contributed by atoms with Gasteiger partial charge in [0.1, 0.15) is 5.00 Å². The van der Waals surface area contributed by atoms with Gasteiger partial charge < -0.3 is 15.5 Å². The van der Waals surface area contributed by atoms with E-state index < -0.39 is 0 Å². The van der Waals surface area contributed by atoms with E-state index in [-0.39, 0.29) is 5.97 Å². The molecule has 98 valence electrons. The molecule has 0 aliphatic heterocycles. The Bertz CT molecular complexity index is 485. The Kier molecular flexibility index (Phi) is 4.15. The number of fused-ring (bicyclic) bond motifs is 1. The van der Waals surface area contributed by atoms with Crippen LogP contribution in [-0.4, -0.2) is 17.7 Å². The number of carbonyl (C=O) groups is 1. The monoisotopic (exact) mass is 285 g/mol. The van der Waals surface area contributed by atoms with Gasteiger partial charge in [-0.3, -0.25) is 0 Å². The van der Waals surface area contributed by atoms with Crippen LogP contribution in [0.15, 0.2) is 0 Å². The van der Waals surface area contributed by atoms with Crippen molar-refractivity contribution in [2.24, 2.45) is 5.84 Å². The molecule has 1 aromatic heterocycles. The molecule has 0 unspecified atom stereocenters. The fourth-order valence-corrected chi connectivity index (χ4v) is 3.50. The summed E-state index contributed by atoms with van der Waals surface area (Å²) in [5.74, 6) is 4.94. The fourth-order valence-electron chi connectivity index (χ4n) is 2.05. The lowest BCUT2D eigenvalue weighted by molar-refractivity contribution is 0.0527. The molecule has 0 radical (unpaired) electrons. The molecule has 4 N–H and O–H groups in total. The van der Waals surface area contributed by atoms with Crippen LogP contribution < -0.4 is 16.6 Å². The van der Waals surface area contributed by atoms with E-state index >= 15 is 0 Å². The average molecular weight is 285 g/mol. The molecule has 0 fully saturated rings. The molecule has 0 atom stereocenters. The Balaban J connectivity index is 2.34. The molecule has 0 spiro atoms. The number of hydrazine groups is 1. The molecule has 0 saturated carbocycles. The molecule has 0 amide bonds. The normalized spacial score (nSPS) is 13.0. The summed E-state index contributed by atoms with van der Waals surface area (Å²) in [6, 6.07) is 0. The largest absolute Gasteiger partial charge is 0.462 e. The Morgan fingerprint density at radius 1 is 1.56 bits per heavy atom. The molecule has 0 bridgehead atoms. The average Bonchev–Trinajstić information content (AvgIpc) is 2.88. The lowest BCUT2D eigenvalue weighted by Crippen LogP contribution is -2.34. The van der Waals surface area contributed by atoms with Gasteiger partial charge in [0, 0.05) is 4.88 Å². The molecule has 1 aliphatic rings. The van der Waals surface area contributed by atoms with Crippen molar-refractivity contribution in [2.45, 2.75) is 26.2 Å². The minimum absolute atomic E-state index is 0.292. The molecule has 5 nitrogen and oxygen atoms in total. The van der Waals surface area contributed by atoms with Crippen molar-refractivity contribution in [3.8, 4) is 0 Å². The Morgan fingerprint density at radius 3 is 3.00 bits per heavy atom. The SMILES string of the molecule is CCOC(=O)c1c(NC(=S)NN)sc2c1CCC2. The molecule has 1 aliphatic carbocycles. The van der Waals surface area contributed by atoms with Crippen LogP contribution >= 0.6 is 23.6 Å². The first-order chi connectivity index (χ1) is 8.67. The van der Waals surface area contributed by atoms with Crippen molar-refractivity contribution in [1.82, 2.24) is 5.43 Å². The zero-order chi connectivity index (χ0) is 13.1. The lowest BCUT2D eigenvalue weighted by atomic mass is 10.1. The van der Waals surface area contributed by atoms with E-state index in [4.69, 9.17) is 22.8 Å². The molecule has 2 rings (SSSR count). The zero-order valence-electron chi connectivity index (χ0n) is 10.0. The van der Waals surface area contributed by atoms with Crippen LogP contribution in [0.5, 0.6) is 0 Å². The van der Waals surface area contributed by atoms with Gasteiger partial charge in [0.05, 0.1) is 12.2 Å². The zero-order valence-corrected chi connectivity index (χ0v) is 11.7. The maximum Gasteiger partial charge on any atom is 0.341 e. The fraction of sp³-hybridized carbons (Fsp3) is 0.455. The second-order valence-corrected chi connectivity index (χ2v) is 5.39. The molecular weight excluding hydrogens is 270 g/mol. The predicted octanol–water partition coefficient (Wildman–Crippen LogP) is 1.57. The molecule has 7 heteroatoms. The third-order valence-electron chi connectivity index (χ3n) is 2.76. The van der Waals surface area contributed by atoms with E-state index in [2.05, 4.69) is 10.7 Å². The number of anilines is 1. The van der Waals surface area contributed by atoms with E-state index in [1.807, 2.05) is 0 Å². The van der Waals surface area contributed by atoms with Gasteiger partial charge in [0.25, 0.3) is 0 Å². The topological polar surface area (TPSA) is 76.4 Å². The van der Waals surface area contributed by atoms with Crippen LogP contribution in [0.4, 0.5) is 5.00 Å². The maximum atomic E-state index is 12.0. The van der Waals surface area contributed by atoms with Gasteiger partial charge >= 0.3 is 5.97 Å². The summed E-state index contributed by atoms with van der Waals surface area (Å²) >= 11 is 6.51. The number of rotatable bonds is 3. The number of hydrogen-bond acceptors (Lipinski definition) is 5. The standard InChI is InChI=1S/C11H15N3O2S2/c1-2-16-10(15)8-6-4-3-5-7(6)18-9(8)13-11(17)14-12/h2-5,12H2,1H3,(H2,13,14,17). The summed E-state index contributed by atoms with van der Waals surface area (Å²) in [5, 5.41) is 3.96. The van der Waals surface area contributed by atoms with Gasteiger partial charge in [-0.1, -0.05) is 0 Å². The molecule has 18 heavy (non-hydrogen) atoms. The first-order valence-corrected chi connectivity index (χ1v) is 6.99. The summed E-state index contributed by atoms with van der Waals surface area (Å²) in [5.41, 5.74) is 4.07. The summed E-state index contributed by atoms with van der Waals surface area (Å²) < 4.78 is 5.10. The number of aryl methyl sites for hydroxylation is 1. The molecular formula is C11H15N3O2S2. The number of esters is 1. The van der Waals surface area contributed by atoms with Crippen LogP contribution in [0.1, 0.15) is 34.1 Å². The quantitative estimate of drug-likeness (QED) is 0.339. The van der Waals surface area contributed by atoms with Gasteiger partial charge in [-0.05, 0) is 44.0 Å². The second kappa shape index (κ2) is 5.64. The predicted molar refractivity (Wildman–Crippen MR) is 75.8 cm³/mol. The van der Waals surface area contributed by atoms with Crippen LogP contribution in [0.3, 0.4) is 0 Å². The van der Waals surface area contributed by atoms with Gasteiger partial charge in [-0.15, -0.1) is 11.3 Å². The third kappa shape index (κ3) is 2.47. The maximum absolute atomic E-state index is 12.0. The first-order valence-electron chi connectivity index (χ1n) is 5.76. The second-order valence-electron chi connectivity index (χ2n) is 3.88. The van der Waals surface area contributed by atoms with Gasteiger partial charge in [0.2, 0.25) is 0 Å². The van der Waals surface area contributed by atoms with Crippen LogP contribution in [0.2, 0.25) is 0 Å². The summed E-state index contributed by atoms with van der Waals surface area (Å²) in [7, 11) is 0. The number of hydrogen-bond donors (Lipinski definition) is 3. The Morgan fingerprint density at radius 2 is 2.33 bits per heavy atom. The molecule has 0 saturated heterocycles. The summed E-state index contributed by atoms with van der Waals surface area (Å²) in [6.07, 6.45) is 3.02. The van der Waals surface area contributed by atoms with Gasteiger partial charge in [-0.25, -0.2) is 10.6 Å². The highest BCUT2D eigenvalue weighted by molar-refractivity contribution is 7.80. The van der Waals surface area contributed by atoms with Crippen molar-refractivity contribution in [1.29, 1.82) is 0 Å². The van der Waals surface area contributed by atoms with Crippen molar-refractivity contribution < 1.29 is 9.53 Å². The van der Waals surface area contributed by atoms with Crippen molar-refractivity contribution in [3.05, 3.63) is 16.0 Å². The van der Waals surface area contributed by atoms with Crippen molar-refractivity contribution in [3.63, 3.8) is 0 Å². The highest BCUT2D eigenvalue weighted by atomic mass is 32.1. The Hall–Kier alpha value is -1.18. The van der Waals surface area contributed by atoms with E-state index in [0.717, 1.165) is 29.8 Å². The number of carbonyl (C=O) groups excluding carboxylic acids is 1. The number of nitrogens with two attached hydrogens (primary N) is 1. The van der Waals surface area contributed by atoms with Gasteiger partial charge in [-0.2, -0.15) is 0 Å². The lowest BCUT2D eigenvalue weighted by Gasteiger charge is -2.08. The van der Waals surface area contributed by atoms with E-state index in [9.17, 15) is 4.79 Å². The highest BCUT2D eigenvalue weighted by Crippen LogP contribution is 2.39. The van der Waals surface area contributed by atoms with Crippen LogP contribution in [-0.2, 0) is 17.6 Å². The first kappa shape index (κ1) is 13.3. The van der Waals surface area contributed by atoms with E-state index in [1.54, 1.807) is 18.3 Å². The van der Waals surface area contributed by atoms with E-state index in [0.29, 0.717) is 17.3 Å².